The summed E-state index contributed by atoms with van der Waals surface area (Å²) >= 11 is 0. The van der Waals surface area contributed by atoms with Crippen molar-refractivity contribution < 1.29 is 9.84 Å². The molecule has 0 aromatic heterocycles. The van der Waals surface area contributed by atoms with Crippen LogP contribution in [0.25, 0.3) is 0 Å². The molecule has 0 bridgehead atoms. The van der Waals surface area contributed by atoms with Crippen LogP contribution in [0.4, 0.5) is 0 Å². The fourth-order valence-electron chi connectivity index (χ4n) is 2.90. The van der Waals surface area contributed by atoms with Crippen LogP contribution in [0, 0.1) is 0 Å². The van der Waals surface area contributed by atoms with E-state index in [1.807, 2.05) is 55.5 Å². The maximum absolute atomic E-state index is 11.0. The molecule has 3 heteroatoms. The lowest BCUT2D eigenvalue weighted by Crippen LogP contribution is -2.35. The molecule has 2 aromatic rings. The lowest BCUT2D eigenvalue weighted by Gasteiger charge is -2.34. The molecule has 0 amide bonds. The minimum atomic E-state index is -0.569. The largest absolute Gasteiger partial charge is 0.386 e. The van der Waals surface area contributed by atoms with Gasteiger partial charge in [-0.1, -0.05) is 67.6 Å². The number of rotatable bonds is 9. The molecule has 0 aliphatic heterocycles. The number of likely N-dealkylation sites (N-methyl/N-ethyl adjacent to an activating group) is 1. The highest BCUT2D eigenvalue weighted by Crippen LogP contribution is 2.33. The van der Waals surface area contributed by atoms with E-state index in [1.54, 1.807) is 0 Å². The maximum Gasteiger partial charge on any atom is 0.0986 e. The molecule has 0 aliphatic carbocycles. The summed E-state index contributed by atoms with van der Waals surface area (Å²) in [5.41, 5.74) is 2.07. The van der Waals surface area contributed by atoms with E-state index in [4.69, 9.17) is 4.74 Å². The van der Waals surface area contributed by atoms with Crippen LogP contribution < -0.4 is 0 Å². The third-order valence-electron chi connectivity index (χ3n) is 4.11. The van der Waals surface area contributed by atoms with Gasteiger partial charge in [-0.15, -0.1) is 0 Å². The van der Waals surface area contributed by atoms with Crippen molar-refractivity contribution in [2.24, 2.45) is 0 Å². The Kier molecular flexibility index (Phi) is 7.27. The summed E-state index contributed by atoms with van der Waals surface area (Å²) in [7, 11) is 0. The Morgan fingerprint density at radius 1 is 0.913 bits per heavy atom. The van der Waals surface area contributed by atoms with E-state index >= 15 is 0 Å². The van der Waals surface area contributed by atoms with Gasteiger partial charge in [0.05, 0.1) is 18.8 Å². The molecule has 2 atom stereocenters. The Labute approximate surface area is 139 Å². The molecule has 0 saturated heterocycles. The van der Waals surface area contributed by atoms with Crippen molar-refractivity contribution >= 4 is 0 Å². The SMILES string of the molecule is CCOCCN(CC)C(c1ccccc1)C(O)c1ccccc1. The molecule has 0 heterocycles. The zero-order valence-corrected chi connectivity index (χ0v) is 14.1. The first-order valence-electron chi connectivity index (χ1n) is 8.37. The average Bonchev–Trinajstić information content (AvgIpc) is 2.62. The summed E-state index contributed by atoms with van der Waals surface area (Å²) < 4.78 is 5.51. The number of hydrogen-bond donors (Lipinski definition) is 1. The van der Waals surface area contributed by atoms with Gasteiger partial charge in [-0.2, -0.15) is 0 Å². The molecule has 1 N–H and O–H groups in total. The predicted molar refractivity (Wildman–Crippen MR) is 94.3 cm³/mol. The summed E-state index contributed by atoms with van der Waals surface area (Å²) in [5, 5.41) is 11.0. The van der Waals surface area contributed by atoms with Crippen LogP contribution in [0.2, 0.25) is 0 Å². The van der Waals surface area contributed by atoms with Gasteiger partial charge >= 0.3 is 0 Å². The van der Waals surface area contributed by atoms with Crippen LogP contribution in [0.3, 0.4) is 0 Å². The lowest BCUT2D eigenvalue weighted by atomic mass is 9.94. The first kappa shape index (κ1) is 17.7. The van der Waals surface area contributed by atoms with E-state index < -0.39 is 6.10 Å². The van der Waals surface area contributed by atoms with Gasteiger partial charge in [-0.25, -0.2) is 0 Å². The molecule has 2 rings (SSSR count). The van der Waals surface area contributed by atoms with E-state index in [2.05, 4.69) is 24.0 Å². The van der Waals surface area contributed by atoms with Crippen LogP contribution in [-0.2, 0) is 4.74 Å². The van der Waals surface area contributed by atoms with Gasteiger partial charge in [0.2, 0.25) is 0 Å². The number of benzene rings is 2. The molecule has 0 fully saturated rings. The van der Waals surface area contributed by atoms with Crippen molar-refractivity contribution in [3.05, 3.63) is 71.8 Å². The van der Waals surface area contributed by atoms with Crippen LogP contribution in [-0.4, -0.2) is 36.3 Å². The minimum absolute atomic E-state index is 0.0796. The van der Waals surface area contributed by atoms with E-state index in [0.717, 1.165) is 30.8 Å². The standard InChI is InChI=1S/C20H27NO2/c1-3-21(15-16-23-4-2)19(17-11-7-5-8-12-17)20(22)18-13-9-6-10-14-18/h5-14,19-20,22H,3-4,15-16H2,1-2H3. The fourth-order valence-corrected chi connectivity index (χ4v) is 2.90. The van der Waals surface area contributed by atoms with Gasteiger partial charge in [0, 0.05) is 13.2 Å². The second kappa shape index (κ2) is 9.46. The third kappa shape index (κ3) is 4.90. The topological polar surface area (TPSA) is 32.7 Å². The Hall–Kier alpha value is -1.68. The van der Waals surface area contributed by atoms with Crippen molar-refractivity contribution in [3.8, 4) is 0 Å². The Balaban J connectivity index is 2.27. The van der Waals surface area contributed by atoms with E-state index in [-0.39, 0.29) is 6.04 Å². The highest BCUT2D eigenvalue weighted by atomic mass is 16.5. The van der Waals surface area contributed by atoms with E-state index in [9.17, 15) is 5.11 Å². The Morgan fingerprint density at radius 3 is 2.00 bits per heavy atom. The van der Waals surface area contributed by atoms with Crippen molar-refractivity contribution in [2.75, 3.05) is 26.3 Å². The van der Waals surface area contributed by atoms with Crippen molar-refractivity contribution in [3.63, 3.8) is 0 Å². The summed E-state index contributed by atoms with van der Waals surface area (Å²) in [6.07, 6.45) is -0.569. The molecule has 23 heavy (non-hydrogen) atoms. The highest BCUT2D eigenvalue weighted by Gasteiger charge is 2.27. The molecule has 0 radical (unpaired) electrons. The fraction of sp³-hybridized carbons (Fsp3) is 0.400. The summed E-state index contributed by atoms with van der Waals surface area (Å²) in [4.78, 5) is 2.28. The van der Waals surface area contributed by atoms with Crippen LogP contribution >= 0.6 is 0 Å². The second-order valence-corrected chi connectivity index (χ2v) is 5.54. The maximum atomic E-state index is 11.0. The van der Waals surface area contributed by atoms with Gasteiger partial charge in [0.1, 0.15) is 0 Å². The van der Waals surface area contributed by atoms with Gasteiger partial charge in [-0.05, 0) is 24.6 Å². The minimum Gasteiger partial charge on any atom is -0.386 e. The molecular weight excluding hydrogens is 286 g/mol. The van der Waals surface area contributed by atoms with Gasteiger partial charge in [0.15, 0.2) is 0 Å². The van der Waals surface area contributed by atoms with Gasteiger partial charge in [0.25, 0.3) is 0 Å². The molecule has 2 unspecified atom stereocenters. The molecule has 2 aromatic carbocycles. The van der Waals surface area contributed by atoms with Crippen molar-refractivity contribution in [2.45, 2.75) is 26.0 Å². The normalized spacial score (nSPS) is 13.9. The zero-order valence-electron chi connectivity index (χ0n) is 14.1. The number of nitrogens with zero attached hydrogens (tertiary/aromatic N) is 1. The molecule has 3 nitrogen and oxygen atoms in total. The molecule has 0 aliphatic rings. The number of hydrogen-bond acceptors (Lipinski definition) is 3. The first-order valence-corrected chi connectivity index (χ1v) is 8.37. The first-order chi connectivity index (χ1) is 11.3. The smallest absolute Gasteiger partial charge is 0.0986 e. The summed E-state index contributed by atoms with van der Waals surface area (Å²) in [6, 6.07) is 20.0. The number of aliphatic hydroxyl groups excluding tert-OH is 1. The number of ether oxygens (including phenoxy) is 1. The zero-order chi connectivity index (χ0) is 16.5. The van der Waals surface area contributed by atoms with E-state index in [0.29, 0.717) is 6.61 Å². The highest BCUT2D eigenvalue weighted by molar-refractivity contribution is 5.26. The number of aliphatic hydroxyl groups is 1. The predicted octanol–water partition coefficient (Wildman–Crippen LogP) is 3.82. The Morgan fingerprint density at radius 2 is 1.48 bits per heavy atom. The Bertz CT molecular complexity index is 544. The average molecular weight is 313 g/mol. The summed E-state index contributed by atoms with van der Waals surface area (Å²) in [5.74, 6) is 0. The lowest BCUT2D eigenvalue weighted by molar-refractivity contribution is 0.0289. The van der Waals surface area contributed by atoms with Gasteiger partial charge in [-0.3, -0.25) is 4.90 Å². The van der Waals surface area contributed by atoms with Crippen molar-refractivity contribution in [1.82, 2.24) is 4.90 Å². The summed E-state index contributed by atoms with van der Waals surface area (Å²) in [6.45, 7) is 7.18. The second-order valence-electron chi connectivity index (χ2n) is 5.54. The molecular formula is C20H27NO2. The quantitative estimate of drug-likeness (QED) is 0.714. The monoisotopic (exact) mass is 313 g/mol. The van der Waals surface area contributed by atoms with Crippen LogP contribution in [0.5, 0.6) is 0 Å². The van der Waals surface area contributed by atoms with Crippen LogP contribution in [0.1, 0.15) is 37.1 Å². The third-order valence-corrected chi connectivity index (χ3v) is 4.11. The van der Waals surface area contributed by atoms with E-state index in [1.165, 1.54) is 0 Å². The molecule has 0 spiro atoms. The van der Waals surface area contributed by atoms with Gasteiger partial charge < -0.3 is 9.84 Å². The molecule has 0 saturated carbocycles. The van der Waals surface area contributed by atoms with Crippen molar-refractivity contribution in [1.29, 1.82) is 0 Å². The van der Waals surface area contributed by atoms with Crippen LogP contribution in [0.15, 0.2) is 60.7 Å². The molecule has 124 valence electrons.